The molecule has 2 aromatic heterocycles. The molecule has 2 aromatic rings. The zero-order valence-electron chi connectivity index (χ0n) is 9.53. The molecule has 0 aliphatic rings. The van der Waals surface area contributed by atoms with Gasteiger partial charge in [0.05, 0.1) is 18.4 Å². The number of anilines is 1. The van der Waals surface area contributed by atoms with Crippen LogP contribution in [-0.4, -0.2) is 28.0 Å². The van der Waals surface area contributed by atoms with E-state index in [0.717, 1.165) is 0 Å². The molecular weight excluding hydrogens is 252 g/mol. The minimum absolute atomic E-state index is 0.285. The van der Waals surface area contributed by atoms with E-state index in [2.05, 4.69) is 19.7 Å². The minimum Gasteiger partial charge on any atom is -0.465 e. The SMILES string of the molecule is COC(=O)c1ccnc(Sc2ccncn2)c1N. The van der Waals surface area contributed by atoms with E-state index in [0.29, 0.717) is 15.6 Å². The van der Waals surface area contributed by atoms with Crippen LogP contribution in [-0.2, 0) is 4.74 Å². The molecule has 0 aliphatic heterocycles. The lowest BCUT2D eigenvalue weighted by Gasteiger charge is -2.07. The lowest BCUT2D eigenvalue weighted by molar-refractivity contribution is 0.0601. The first-order valence-electron chi connectivity index (χ1n) is 4.99. The maximum absolute atomic E-state index is 11.5. The number of pyridine rings is 1. The van der Waals surface area contributed by atoms with Gasteiger partial charge in [-0.3, -0.25) is 0 Å². The van der Waals surface area contributed by atoms with Crippen LogP contribution >= 0.6 is 11.8 Å². The molecule has 0 saturated heterocycles. The minimum atomic E-state index is -0.487. The topological polar surface area (TPSA) is 91.0 Å². The van der Waals surface area contributed by atoms with Crippen molar-refractivity contribution in [1.29, 1.82) is 0 Å². The maximum Gasteiger partial charge on any atom is 0.340 e. The highest BCUT2D eigenvalue weighted by Crippen LogP contribution is 2.30. The van der Waals surface area contributed by atoms with Gasteiger partial charge in [0.15, 0.2) is 0 Å². The molecular formula is C11H10N4O2S. The second kappa shape index (κ2) is 5.46. The molecule has 0 spiro atoms. The third-order valence-corrected chi connectivity index (χ3v) is 3.08. The number of nitrogens with zero attached hydrogens (tertiary/aromatic N) is 3. The molecule has 0 aromatic carbocycles. The third kappa shape index (κ3) is 2.57. The lowest BCUT2D eigenvalue weighted by Crippen LogP contribution is -2.07. The quantitative estimate of drug-likeness (QED) is 0.660. The van der Waals surface area contributed by atoms with Crippen molar-refractivity contribution in [2.45, 2.75) is 10.1 Å². The van der Waals surface area contributed by atoms with Crippen LogP contribution in [0.4, 0.5) is 5.69 Å². The average molecular weight is 262 g/mol. The van der Waals surface area contributed by atoms with Crippen molar-refractivity contribution in [3.63, 3.8) is 0 Å². The number of hydrogen-bond acceptors (Lipinski definition) is 7. The van der Waals surface area contributed by atoms with Gasteiger partial charge < -0.3 is 10.5 Å². The second-order valence-corrected chi connectivity index (χ2v) is 4.23. The number of hydrogen-bond donors (Lipinski definition) is 1. The molecule has 0 saturated carbocycles. The van der Waals surface area contributed by atoms with Crippen molar-refractivity contribution in [1.82, 2.24) is 15.0 Å². The molecule has 0 unspecified atom stereocenters. The molecule has 0 amide bonds. The largest absolute Gasteiger partial charge is 0.465 e. The number of ether oxygens (including phenoxy) is 1. The van der Waals surface area contributed by atoms with E-state index in [9.17, 15) is 4.79 Å². The van der Waals surface area contributed by atoms with Gasteiger partial charge in [-0.1, -0.05) is 0 Å². The van der Waals surface area contributed by atoms with E-state index in [1.165, 1.54) is 37.5 Å². The van der Waals surface area contributed by atoms with Crippen molar-refractivity contribution in [2.24, 2.45) is 0 Å². The van der Waals surface area contributed by atoms with Gasteiger partial charge in [0.1, 0.15) is 16.4 Å². The Labute approximate surface area is 108 Å². The van der Waals surface area contributed by atoms with E-state index in [-0.39, 0.29) is 5.69 Å². The van der Waals surface area contributed by atoms with Gasteiger partial charge in [-0.25, -0.2) is 19.7 Å². The zero-order chi connectivity index (χ0) is 13.0. The number of nitrogens with two attached hydrogens (primary N) is 1. The number of esters is 1. The molecule has 2 rings (SSSR count). The van der Waals surface area contributed by atoms with Crippen LogP contribution in [0.3, 0.4) is 0 Å². The summed E-state index contributed by atoms with van der Waals surface area (Å²) >= 11 is 1.26. The number of rotatable bonds is 3. The predicted molar refractivity (Wildman–Crippen MR) is 66.1 cm³/mol. The molecule has 18 heavy (non-hydrogen) atoms. The fourth-order valence-corrected chi connectivity index (χ4v) is 2.02. The first-order valence-corrected chi connectivity index (χ1v) is 5.80. The van der Waals surface area contributed by atoms with Gasteiger partial charge in [-0.05, 0) is 23.9 Å². The molecule has 7 heteroatoms. The van der Waals surface area contributed by atoms with E-state index in [1.807, 2.05) is 0 Å². The number of carbonyl (C=O) groups is 1. The van der Waals surface area contributed by atoms with Crippen LogP contribution in [0, 0.1) is 0 Å². The zero-order valence-corrected chi connectivity index (χ0v) is 10.3. The summed E-state index contributed by atoms with van der Waals surface area (Å²) in [7, 11) is 1.30. The average Bonchev–Trinajstić information content (AvgIpc) is 2.41. The first-order chi connectivity index (χ1) is 8.72. The van der Waals surface area contributed by atoms with Crippen LogP contribution in [0.5, 0.6) is 0 Å². The Kier molecular flexibility index (Phi) is 3.73. The van der Waals surface area contributed by atoms with Crippen LogP contribution in [0.15, 0.2) is 40.9 Å². The lowest BCUT2D eigenvalue weighted by atomic mass is 10.2. The molecule has 0 fully saturated rings. The van der Waals surface area contributed by atoms with Crippen molar-refractivity contribution >= 4 is 23.4 Å². The standard InChI is InChI=1S/C11H10N4O2S/c1-17-11(16)7-2-5-14-10(9(7)12)18-8-3-4-13-6-15-8/h2-6H,12H2,1H3. The Morgan fingerprint density at radius 1 is 1.33 bits per heavy atom. The van der Waals surface area contributed by atoms with E-state index < -0.39 is 5.97 Å². The highest BCUT2D eigenvalue weighted by Gasteiger charge is 2.14. The van der Waals surface area contributed by atoms with E-state index >= 15 is 0 Å². The Morgan fingerprint density at radius 3 is 2.83 bits per heavy atom. The highest BCUT2D eigenvalue weighted by atomic mass is 32.2. The van der Waals surface area contributed by atoms with E-state index in [4.69, 9.17) is 5.73 Å². The maximum atomic E-state index is 11.5. The Bertz CT molecular complexity index is 562. The normalized spacial score (nSPS) is 10.1. The van der Waals surface area contributed by atoms with Crippen LogP contribution in [0.25, 0.3) is 0 Å². The van der Waals surface area contributed by atoms with Crippen molar-refractivity contribution < 1.29 is 9.53 Å². The Hall–Kier alpha value is -2.15. The number of carbonyl (C=O) groups excluding carboxylic acids is 1. The van der Waals surface area contributed by atoms with Crippen molar-refractivity contribution in [2.75, 3.05) is 12.8 Å². The third-order valence-electron chi connectivity index (χ3n) is 2.11. The molecule has 6 nitrogen and oxygen atoms in total. The van der Waals surface area contributed by atoms with Crippen molar-refractivity contribution in [3.05, 3.63) is 36.4 Å². The molecule has 92 valence electrons. The summed E-state index contributed by atoms with van der Waals surface area (Å²) in [5, 5.41) is 1.21. The summed E-state index contributed by atoms with van der Waals surface area (Å²) in [6.45, 7) is 0. The second-order valence-electron chi connectivity index (χ2n) is 3.22. The molecule has 0 bridgehead atoms. The number of nitrogen functional groups attached to an aromatic ring is 1. The summed E-state index contributed by atoms with van der Waals surface area (Å²) in [6, 6.07) is 3.25. The van der Waals surface area contributed by atoms with Gasteiger partial charge in [0, 0.05) is 12.4 Å². The summed E-state index contributed by atoms with van der Waals surface area (Å²) in [4.78, 5) is 23.5. The Morgan fingerprint density at radius 2 is 2.17 bits per heavy atom. The molecule has 2 N–H and O–H groups in total. The fraction of sp³-hybridized carbons (Fsp3) is 0.0909. The van der Waals surface area contributed by atoms with Crippen LogP contribution in [0.1, 0.15) is 10.4 Å². The number of methoxy groups -OCH3 is 1. The molecule has 0 radical (unpaired) electrons. The van der Waals surface area contributed by atoms with Gasteiger partial charge in [-0.15, -0.1) is 0 Å². The molecule has 0 aliphatic carbocycles. The highest BCUT2D eigenvalue weighted by molar-refractivity contribution is 7.99. The first kappa shape index (κ1) is 12.3. The van der Waals surface area contributed by atoms with Crippen LogP contribution in [0.2, 0.25) is 0 Å². The summed E-state index contributed by atoms with van der Waals surface area (Å²) in [5.74, 6) is -0.487. The molecule has 2 heterocycles. The predicted octanol–water partition coefficient (Wildman–Crippen LogP) is 1.39. The van der Waals surface area contributed by atoms with Gasteiger partial charge >= 0.3 is 5.97 Å². The van der Waals surface area contributed by atoms with Gasteiger partial charge in [0.25, 0.3) is 0 Å². The molecule has 0 atom stereocenters. The number of aromatic nitrogens is 3. The summed E-state index contributed by atoms with van der Waals surface area (Å²) < 4.78 is 4.64. The summed E-state index contributed by atoms with van der Waals surface area (Å²) in [5.41, 5.74) is 6.46. The van der Waals surface area contributed by atoms with E-state index in [1.54, 1.807) is 12.3 Å². The van der Waals surface area contributed by atoms with Crippen molar-refractivity contribution in [3.8, 4) is 0 Å². The monoisotopic (exact) mass is 262 g/mol. The summed E-state index contributed by atoms with van der Waals surface area (Å²) in [6.07, 6.45) is 4.56. The Balaban J connectivity index is 2.32. The fourth-order valence-electron chi connectivity index (χ4n) is 1.26. The van der Waals surface area contributed by atoms with Gasteiger partial charge in [0.2, 0.25) is 0 Å². The smallest absolute Gasteiger partial charge is 0.340 e. The van der Waals surface area contributed by atoms with Crippen LogP contribution < -0.4 is 5.73 Å². The van der Waals surface area contributed by atoms with Gasteiger partial charge in [-0.2, -0.15) is 0 Å².